The first-order valence-electron chi connectivity index (χ1n) is 4.09. The van der Waals surface area contributed by atoms with Gasteiger partial charge in [0.25, 0.3) is 0 Å². The molecule has 3 nitrogen and oxygen atoms in total. The van der Waals surface area contributed by atoms with Crippen LogP contribution in [0.2, 0.25) is 0 Å². The van der Waals surface area contributed by atoms with Gasteiger partial charge in [0.15, 0.2) is 0 Å². The number of furan rings is 1. The van der Waals surface area contributed by atoms with Crippen LogP contribution in [-0.2, 0) is 0 Å². The molecule has 12 heavy (non-hydrogen) atoms. The highest BCUT2D eigenvalue weighted by molar-refractivity contribution is 5.60. The van der Waals surface area contributed by atoms with Crippen molar-refractivity contribution in [1.82, 2.24) is 5.01 Å². The van der Waals surface area contributed by atoms with Crippen LogP contribution in [0.3, 0.4) is 0 Å². The van der Waals surface area contributed by atoms with Crippen LogP contribution >= 0.6 is 0 Å². The Labute approximate surface area is 71.7 Å². The maximum atomic E-state index is 5.52. The third-order valence-electron chi connectivity index (χ3n) is 2.13. The third kappa shape index (κ3) is 1.11. The Morgan fingerprint density at radius 1 is 1.58 bits per heavy atom. The predicted molar refractivity (Wildman–Crippen MR) is 47.1 cm³/mol. The Kier molecular flexibility index (Phi) is 1.64. The number of aryl methyl sites for hydroxylation is 1. The minimum atomic E-state index is 0.304. The molecule has 2 heterocycles. The Bertz CT molecular complexity index is 303. The van der Waals surface area contributed by atoms with Crippen molar-refractivity contribution >= 4 is 6.21 Å². The first-order valence-corrected chi connectivity index (χ1v) is 4.09. The summed E-state index contributed by atoms with van der Waals surface area (Å²) in [5.74, 6) is 1.97. The molecular formula is C9H12N2O. The van der Waals surface area contributed by atoms with Crippen molar-refractivity contribution in [2.24, 2.45) is 5.10 Å². The highest BCUT2D eigenvalue weighted by Crippen LogP contribution is 2.27. The fraction of sp³-hybridized carbons (Fsp3) is 0.444. The van der Waals surface area contributed by atoms with E-state index in [-0.39, 0.29) is 0 Å². The molecule has 3 heteroatoms. The lowest BCUT2D eigenvalue weighted by atomic mass is 10.2. The first-order chi connectivity index (χ1) is 5.77. The van der Waals surface area contributed by atoms with Crippen molar-refractivity contribution in [2.45, 2.75) is 19.4 Å². The van der Waals surface area contributed by atoms with Crippen molar-refractivity contribution in [3.63, 3.8) is 0 Å². The van der Waals surface area contributed by atoms with Gasteiger partial charge in [-0.3, -0.25) is 5.01 Å². The topological polar surface area (TPSA) is 28.7 Å². The molecule has 1 aromatic heterocycles. The minimum Gasteiger partial charge on any atom is -0.464 e. The van der Waals surface area contributed by atoms with Crippen molar-refractivity contribution in [3.8, 4) is 0 Å². The molecule has 0 fully saturated rings. The van der Waals surface area contributed by atoms with Crippen LogP contribution in [-0.4, -0.2) is 18.3 Å². The quantitative estimate of drug-likeness (QED) is 0.634. The van der Waals surface area contributed by atoms with Gasteiger partial charge in [-0.2, -0.15) is 5.10 Å². The van der Waals surface area contributed by atoms with Gasteiger partial charge in [-0.1, -0.05) is 0 Å². The lowest BCUT2D eigenvalue weighted by Crippen LogP contribution is -2.12. The molecule has 0 aromatic carbocycles. The SMILES string of the molecule is Cc1ccc(C2CC=NN2C)o1. The molecule has 1 aliphatic rings. The molecule has 0 saturated heterocycles. The lowest BCUT2D eigenvalue weighted by Gasteiger charge is -2.15. The fourth-order valence-electron chi connectivity index (χ4n) is 1.44. The van der Waals surface area contributed by atoms with E-state index in [9.17, 15) is 0 Å². The van der Waals surface area contributed by atoms with Crippen LogP contribution in [0.1, 0.15) is 24.0 Å². The van der Waals surface area contributed by atoms with E-state index in [1.807, 2.05) is 37.3 Å². The van der Waals surface area contributed by atoms with Gasteiger partial charge in [-0.05, 0) is 19.1 Å². The highest BCUT2D eigenvalue weighted by Gasteiger charge is 2.21. The molecule has 0 radical (unpaired) electrons. The molecule has 0 N–H and O–H groups in total. The van der Waals surface area contributed by atoms with Crippen molar-refractivity contribution < 1.29 is 4.42 Å². The Hall–Kier alpha value is -1.25. The summed E-state index contributed by atoms with van der Waals surface area (Å²) in [7, 11) is 1.96. The molecule has 2 rings (SSSR count). The van der Waals surface area contributed by atoms with Crippen LogP contribution in [0, 0.1) is 6.92 Å². The zero-order valence-electron chi connectivity index (χ0n) is 7.32. The summed E-state index contributed by atoms with van der Waals surface area (Å²) in [6, 6.07) is 4.31. The summed E-state index contributed by atoms with van der Waals surface area (Å²) < 4.78 is 5.52. The molecule has 1 unspecified atom stereocenters. The van der Waals surface area contributed by atoms with Gasteiger partial charge in [0.2, 0.25) is 0 Å². The average molecular weight is 164 g/mol. The summed E-state index contributed by atoms with van der Waals surface area (Å²) in [6.45, 7) is 1.96. The van der Waals surface area contributed by atoms with Gasteiger partial charge in [0.05, 0.1) is 0 Å². The molecule has 0 aliphatic carbocycles. The molecule has 0 spiro atoms. The van der Waals surface area contributed by atoms with Gasteiger partial charge < -0.3 is 4.42 Å². The zero-order chi connectivity index (χ0) is 8.55. The monoisotopic (exact) mass is 164 g/mol. The van der Waals surface area contributed by atoms with Crippen LogP contribution in [0.25, 0.3) is 0 Å². The normalized spacial score (nSPS) is 22.2. The van der Waals surface area contributed by atoms with Gasteiger partial charge in [0.1, 0.15) is 17.6 Å². The number of hydrogen-bond acceptors (Lipinski definition) is 3. The maximum absolute atomic E-state index is 5.52. The number of hydrogen-bond donors (Lipinski definition) is 0. The smallest absolute Gasteiger partial charge is 0.128 e. The standard InChI is InChI=1S/C9H12N2O/c1-7-3-4-9(12-7)8-5-6-10-11(8)2/h3-4,6,8H,5H2,1-2H3. The summed E-state index contributed by atoms with van der Waals surface area (Å²) in [4.78, 5) is 0. The van der Waals surface area contributed by atoms with E-state index < -0.39 is 0 Å². The van der Waals surface area contributed by atoms with Crippen LogP contribution in [0.5, 0.6) is 0 Å². The summed E-state index contributed by atoms with van der Waals surface area (Å²) in [5.41, 5.74) is 0. The molecule has 1 aliphatic heterocycles. The van der Waals surface area contributed by atoms with Crippen molar-refractivity contribution in [3.05, 3.63) is 23.7 Å². The summed E-state index contributed by atoms with van der Waals surface area (Å²) in [5, 5.41) is 6.08. The molecule has 64 valence electrons. The Balaban J connectivity index is 2.21. The number of rotatable bonds is 1. The van der Waals surface area contributed by atoms with Crippen molar-refractivity contribution in [2.75, 3.05) is 7.05 Å². The van der Waals surface area contributed by atoms with Crippen LogP contribution in [0.15, 0.2) is 21.7 Å². The predicted octanol–water partition coefficient (Wildman–Crippen LogP) is 1.95. The van der Waals surface area contributed by atoms with E-state index in [0.29, 0.717) is 6.04 Å². The zero-order valence-corrected chi connectivity index (χ0v) is 7.32. The fourth-order valence-corrected chi connectivity index (χ4v) is 1.44. The largest absolute Gasteiger partial charge is 0.464 e. The van der Waals surface area contributed by atoms with Crippen molar-refractivity contribution in [1.29, 1.82) is 0 Å². The number of nitrogens with zero attached hydrogens (tertiary/aromatic N) is 2. The van der Waals surface area contributed by atoms with E-state index >= 15 is 0 Å². The van der Waals surface area contributed by atoms with Gasteiger partial charge >= 0.3 is 0 Å². The molecule has 1 aromatic rings. The Morgan fingerprint density at radius 3 is 2.92 bits per heavy atom. The molecule has 0 amide bonds. The second-order valence-corrected chi connectivity index (χ2v) is 3.07. The van der Waals surface area contributed by atoms with Gasteiger partial charge in [0, 0.05) is 19.7 Å². The Morgan fingerprint density at radius 2 is 2.42 bits per heavy atom. The van der Waals surface area contributed by atoms with E-state index in [0.717, 1.165) is 17.9 Å². The summed E-state index contributed by atoms with van der Waals surface area (Å²) >= 11 is 0. The van der Waals surface area contributed by atoms with Gasteiger partial charge in [-0.25, -0.2) is 0 Å². The second-order valence-electron chi connectivity index (χ2n) is 3.07. The maximum Gasteiger partial charge on any atom is 0.128 e. The molecule has 1 atom stereocenters. The molecular weight excluding hydrogens is 152 g/mol. The lowest BCUT2D eigenvalue weighted by molar-refractivity contribution is 0.250. The first kappa shape index (κ1) is 7.40. The van der Waals surface area contributed by atoms with E-state index in [2.05, 4.69) is 5.10 Å². The van der Waals surface area contributed by atoms with E-state index in [4.69, 9.17) is 4.42 Å². The van der Waals surface area contributed by atoms with Crippen LogP contribution in [0.4, 0.5) is 0 Å². The molecule has 0 saturated carbocycles. The third-order valence-corrected chi connectivity index (χ3v) is 2.13. The minimum absolute atomic E-state index is 0.304. The van der Waals surface area contributed by atoms with Gasteiger partial charge in [-0.15, -0.1) is 0 Å². The van der Waals surface area contributed by atoms with E-state index in [1.165, 1.54) is 0 Å². The second kappa shape index (κ2) is 2.66. The molecule has 0 bridgehead atoms. The number of hydrazone groups is 1. The summed E-state index contributed by atoms with van der Waals surface area (Å²) in [6.07, 6.45) is 2.87. The van der Waals surface area contributed by atoms with E-state index in [1.54, 1.807) is 0 Å². The van der Waals surface area contributed by atoms with Crippen LogP contribution < -0.4 is 0 Å². The average Bonchev–Trinajstić information content (AvgIpc) is 2.58. The highest BCUT2D eigenvalue weighted by atomic mass is 16.3.